The molecule has 0 aliphatic rings. The fourth-order valence-corrected chi connectivity index (χ4v) is 5.31. The van der Waals surface area contributed by atoms with Crippen molar-refractivity contribution in [2.75, 3.05) is 0 Å². The number of aromatic nitrogens is 5. The number of para-hydroxylation sites is 3. The Labute approximate surface area is 237 Å². The molecule has 40 heavy (non-hydrogen) atoms. The number of nitrogens with zero attached hydrogens (tertiary/aromatic N) is 5. The van der Waals surface area contributed by atoms with Gasteiger partial charge in [0.25, 0.3) is 0 Å². The Morgan fingerprint density at radius 1 is 0.775 bits per heavy atom. The van der Waals surface area contributed by atoms with Crippen LogP contribution in [0, 0.1) is 0 Å². The van der Waals surface area contributed by atoms with Crippen LogP contribution in [0.3, 0.4) is 0 Å². The van der Waals surface area contributed by atoms with Gasteiger partial charge in [0.2, 0.25) is 12.2 Å². The number of hydrogen-bond acceptors (Lipinski definition) is 3. The average molecular weight is 528 g/mol. The van der Waals surface area contributed by atoms with Crippen LogP contribution >= 0.6 is 0 Å². The molecule has 6 heteroatoms. The van der Waals surface area contributed by atoms with Crippen LogP contribution in [0.15, 0.2) is 110 Å². The highest BCUT2D eigenvalue weighted by Crippen LogP contribution is 2.35. The number of hydrogen-bond donors (Lipinski definition) is 0. The number of fused-ring (bicyclic) bond motifs is 4. The summed E-state index contributed by atoms with van der Waals surface area (Å²) in [6, 6.07) is 29.6. The second kappa shape index (κ2) is 9.06. The van der Waals surface area contributed by atoms with Gasteiger partial charge >= 0.3 is 0 Å². The second-order valence-corrected chi connectivity index (χ2v) is 11.0. The molecule has 0 unspecified atom stereocenters. The first-order chi connectivity index (χ1) is 20.6. The average Bonchev–Trinajstić information content (AvgIpc) is 3.53. The summed E-state index contributed by atoms with van der Waals surface area (Å²) in [6.45, 7) is 4.28. The van der Waals surface area contributed by atoms with Crippen LogP contribution < -0.4 is 9.30 Å². The molecule has 0 radical (unpaired) electrons. The van der Waals surface area contributed by atoms with Crippen molar-refractivity contribution >= 4 is 32.8 Å². The van der Waals surface area contributed by atoms with E-state index < -0.39 is 6.98 Å². The standard InChI is InChI=1S/C34H30N5O/c1-34(2,3)23-15-17-35-32(19-23)39-28-10-6-5-9-26(28)27-14-13-25(21-31(27)39)40-33-20-24(16-18-36-33)38-22-37(4)29-11-7-8-12-30(29)38/h5-22H,1-4H3/q+1/i4D3. The minimum atomic E-state index is -2.31. The highest BCUT2D eigenvalue weighted by atomic mass is 16.5. The summed E-state index contributed by atoms with van der Waals surface area (Å²) in [7, 11) is 0. The largest absolute Gasteiger partial charge is 0.439 e. The Kier molecular flexibility index (Phi) is 4.74. The van der Waals surface area contributed by atoms with Crippen molar-refractivity contribution in [3.8, 4) is 23.1 Å². The van der Waals surface area contributed by atoms with Crippen LogP contribution in [-0.2, 0) is 12.4 Å². The molecule has 3 aromatic carbocycles. The van der Waals surface area contributed by atoms with Crippen molar-refractivity contribution in [2.45, 2.75) is 26.2 Å². The quantitative estimate of drug-likeness (QED) is 0.224. The third-order valence-corrected chi connectivity index (χ3v) is 7.34. The molecule has 0 amide bonds. The van der Waals surface area contributed by atoms with Gasteiger partial charge in [-0.1, -0.05) is 51.1 Å². The fraction of sp³-hybridized carbons (Fsp3) is 0.147. The van der Waals surface area contributed by atoms with E-state index in [1.165, 1.54) is 10.1 Å². The predicted molar refractivity (Wildman–Crippen MR) is 160 cm³/mol. The van der Waals surface area contributed by atoms with E-state index in [1.54, 1.807) is 18.6 Å². The van der Waals surface area contributed by atoms with Crippen molar-refractivity contribution in [2.24, 2.45) is 6.98 Å². The van der Waals surface area contributed by atoms with E-state index in [9.17, 15) is 0 Å². The molecule has 0 fully saturated rings. The number of ether oxygens (including phenoxy) is 1. The summed E-state index contributed by atoms with van der Waals surface area (Å²) in [4.78, 5) is 9.23. The van der Waals surface area contributed by atoms with Gasteiger partial charge in [-0.2, -0.15) is 4.57 Å². The Hall–Kier alpha value is -4.97. The van der Waals surface area contributed by atoms with Gasteiger partial charge in [-0.3, -0.25) is 4.57 Å². The maximum absolute atomic E-state index is 7.99. The minimum Gasteiger partial charge on any atom is -0.439 e. The summed E-state index contributed by atoms with van der Waals surface area (Å²) < 4.78 is 35.6. The molecule has 0 aliphatic heterocycles. The van der Waals surface area contributed by atoms with Crippen LogP contribution in [0.25, 0.3) is 44.3 Å². The molecule has 0 atom stereocenters. The first kappa shape index (κ1) is 20.9. The van der Waals surface area contributed by atoms with Gasteiger partial charge in [0.05, 0.1) is 22.1 Å². The van der Waals surface area contributed by atoms with Gasteiger partial charge in [0, 0.05) is 41.4 Å². The lowest BCUT2D eigenvalue weighted by Crippen LogP contribution is -2.25. The lowest BCUT2D eigenvalue weighted by atomic mass is 9.88. The van der Waals surface area contributed by atoms with Gasteiger partial charge in [-0.25, -0.2) is 14.5 Å². The van der Waals surface area contributed by atoms with Crippen LogP contribution in [0.1, 0.15) is 30.4 Å². The van der Waals surface area contributed by atoms with E-state index in [4.69, 9.17) is 13.8 Å². The molecule has 4 aromatic heterocycles. The van der Waals surface area contributed by atoms with Gasteiger partial charge in [-0.05, 0) is 53.4 Å². The predicted octanol–water partition coefficient (Wildman–Crippen LogP) is 7.43. The van der Waals surface area contributed by atoms with Crippen molar-refractivity contribution in [1.29, 1.82) is 0 Å². The summed E-state index contributed by atoms with van der Waals surface area (Å²) in [5.41, 5.74) is 5.35. The molecule has 7 rings (SSSR count). The molecule has 0 aliphatic carbocycles. The zero-order valence-corrected chi connectivity index (χ0v) is 22.5. The molecule has 196 valence electrons. The van der Waals surface area contributed by atoms with Crippen molar-refractivity contribution in [3.05, 3.63) is 115 Å². The molecule has 7 aromatic rings. The summed E-state index contributed by atoms with van der Waals surface area (Å²) in [5, 5.41) is 2.23. The molecular weight excluding hydrogens is 494 g/mol. The summed E-state index contributed by atoms with van der Waals surface area (Å²) >= 11 is 0. The lowest BCUT2D eigenvalue weighted by molar-refractivity contribution is -0.645. The molecule has 0 N–H and O–H groups in total. The minimum absolute atomic E-state index is 0.0186. The molecule has 0 saturated heterocycles. The van der Waals surface area contributed by atoms with Crippen molar-refractivity contribution in [1.82, 2.24) is 19.1 Å². The van der Waals surface area contributed by atoms with Gasteiger partial charge in [-0.15, -0.1) is 0 Å². The van der Waals surface area contributed by atoms with Crippen LogP contribution in [0.2, 0.25) is 0 Å². The van der Waals surface area contributed by atoms with Gasteiger partial charge < -0.3 is 4.74 Å². The molecule has 0 saturated carbocycles. The van der Waals surface area contributed by atoms with E-state index in [-0.39, 0.29) is 5.41 Å². The van der Waals surface area contributed by atoms with Gasteiger partial charge in [0.15, 0.2) is 11.0 Å². The van der Waals surface area contributed by atoms with E-state index in [0.29, 0.717) is 17.1 Å². The van der Waals surface area contributed by atoms with E-state index in [2.05, 4.69) is 60.7 Å². The smallest absolute Gasteiger partial charge is 0.249 e. The zero-order chi connectivity index (χ0) is 29.9. The molecule has 0 bridgehead atoms. The number of aryl methyl sites for hydroxylation is 1. The maximum atomic E-state index is 7.99. The van der Waals surface area contributed by atoms with E-state index in [1.807, 2.05) is 65.4 Å². The first-order valence-electron chi connectivity index (χ1n) is 14.7. The lowest BCUT2D eigenvalue weighted by Gasteiger charge is -2.20. The summed E-state index contributed by atoms with van der Waals surface area (Å²) in [5.74, 6) is 1.87. The van der Waals surface area contributed by atoms with Crippen molar-refractivity contribution < 1.29 is 13.4 Å². The second-order valence-electron chi connectivity index (χ2n) is 11.0. The van der Waals surface area contributed by atoms with Crippen LogP contribution in [-0.4, -0.2) is 19.1 Å². The topological polar surface area (TPSA) is 48.8 Å². The Morgan fingerprint density at radius 2 is 1.55 bits per heavy atom. The van der Waals surface area contributed by atoms with E-state index >= 15 is 0 Å². The highest BCUT2D eigenvalue weighted by Gasteiger charge is 2.19. The van der Waals surface area contributed by atoms with Crippen LogP contribution in [0.4, 0.5) is 0 Å². The highest BCUT2D eigenvalue weighted by molar-refractivity contribution is 6.09. The van der Waals surface area contributed by atoms with E-state index in [0.717, 1.165) is 38.8 Å². The number of rotatable bonds is 4. The Bertz CT molecular complexity index is 2150. The SMILES string of the molecule is [2H]C([2H])([2H])[n+]1cn(-c2ccnc(Oc3ccc4c5ccccc5n(-c5cc(C(C)(C)C)ccn5)c4c3)c2)c2ccccc21. The normalized spacial score (nSPS) is 13.4. The third-order valence-electron chi connectivity index (χ3n) is 7.34. The molecule has 6 nitrogen and oxygen atoms in total. The molecule has 0 spiro atoms. The number of imidazole rings is 1. The third kappa shape index (κ3) is 4.00. The van der Waals surface area contributed by atoms with Crippen LogP contribution in [0.5, 0.6) is 11.6 Å². The Balaban J connectivity index is 1.32. The monoisotopic (exact) mass is 527 g/mol. The molecule has 4 heterocycles. The summed E-state index contributed by atoms with van der Waals surface area (Å²) in [6.07, 6.45) is 5.13. The van der Waals surface area contributed by atoms with Gasteiger partial charge in [0.1, 0.15) is 17.3 Å². The zero-order valence-electron chi connectivity index (χ0n) is 25.5. The fourth-order valence-electron chi connectivity index (χ4n) is 5.31. The molecular formula is C34H30N5O+. The Morgan fingerprint density at radius 3 is 2.40 bits per heavy atom. The number of benzene rings is 3. The number of pyridine rings is 2. The first-order valence-corrected chi connectivity index (χ1v) is 13.2. The maximum Gasteiger partial charge on any atom is 0.249 e. The van der Waals surface area contributed by atoms with Crippen molar-refractivity contribution in [3.63, 3.8) is 0 Å².